The number of hydrogen-bond acceptors (Lipinski definition) is 3. The lowest BCUT2D eigenvalue weighted by molar-refractivity contribution is 0.369. The van der Waals surface area contributed by atoms with Crippen molar-refractivity contribution in [1.82, 2.24) is 0 Å². The maximum atomic E-state index is 11.2. The van der Waals surface area contributed by atoms with Crippen LogP contribution in [0.1, 0.15) is 22.6 Å². The predicted octanol–water partition coefficient (Wildman–Crippen LogP) is 6.99. The molecule has 0 saturated carbocycles. The molecule has 150 valence electrons. The Morgan fingerprint density at radius 1 is 0.677 bits per heavy atom. The molecule has 5 aromatic carbocycles. The summed E-state index contributed by atoms with van der Waals surface area (Å²) in [7, 11) is 1.58. The van der Waals surface area contributed by atoms with E-state index >= 15 is 0 Å². The van der Waals surface area contributed by atoms with Crippen LogP contribution in [0.4, 0.5) is 0 Å². The first-order valence-corrected chi connectivity index (χ1v) is 10.3. The third-order valence-electron chi connectivity index (χ3n) is 6.22. The fourth-order valence-electron chi connectivity index (χ4n) is 4.84. The number of fused-ring (bicyclic) bond motifs is 6. The molecule has 0 saturated heterocycles. The molecule has 1 aliphatic heterocycles. The molecule has 1 N–H and O–H groups in total. The van der Waals surface area contributed by atoms with Crippen LogP contribution in [0, 0.1) is 0 Å². The van der Waals surface area contributed by atoms with E-state index in [1.807, 2.05) is 48.5 Å². The summed E-state index contributed by atoms with van der Waals surface area (Å²) >= 11 is 0. The largest absolute Gasteiger partial charge is 0.504 e. The van der Waals surface area contributed by atoms with Gasteiger partial charge in [-0.2, -0.15) is 0 Å². The van der Waals surface area contributed by atoms with E-state index in [-0.39, 0.29) is 11.7 Å². The third kappa shape index (κ3) is 2.60. The second-order valence-corrected chi connectivity index (χ2v) is 7.83. The van der Waals surface area contributed by atoms with Crippen LogP contribution < -0.4 is 9.47 Å². The predicted molar refractivity (Wildman–Crippen MR) is 124 cm³/mol. The number of aromatic hydroxyl groups is 1. The Morgan fingerprint density at radius 3 is 1.84 bits per heavy atom. The molecule has 0 aromatic heterocycles. The van der Waals surface area contributed by atoms with E-state index in [4.69, 9.17) is 9.47 Å². The molecule has 1 aliphatic rings. The van der Waals surface area contributed by atoms with Crippen molar-refractivity contribution in [3.8, 4) is 23.0 Å². The van der Waals surface area contributed by atoms with Crippen LogP contribution >= 0.6 is 0 Å². The van der Waals surface area contributed by atoms with Gasteiger partial charge in [-0.05, 0) is 39.7 Å². The minimum absolute atomic E-state index is 0.162. The highest BCUT2D eigenvalue weighted by Crippen LogP contribution is 2.54. The molecule has 0 radical (unpaired) electrons. The number of phenols is 1. The van der Waals surface area contributed by atoms with Crippen LogP contribution in [0.2, 0.25) is 0 Å². The molecule has 3 heteroatoms. The molecule has 0 spiro atoms. The molecule has 0 aliphatic carbocycles. The monoisotopic (exact) mass is 404 g/mol. The second kappa shape index (κ2) is 6.78. The van der Waals surface area contributed by atoms with Gasteiger partial charge in [-0.1, -0.05) is 72.8 Å². The molecular weight excluding hydrogens is 384 g/mol. The maximum absolute atomic E-state index is 11.2. The maximum Gasteiger partial charge on any atom is 0.161 e. The average molecular weight is 404 g/mol. The number of methoxy groups -OCH3 is 1. The van der Waals surface area contributed by atoms with Gasteiger partial charge in [0.25, 0.3) is 0 Å². The van der Waals surface area contributed by atoms with Crippen molar-refractivity contribution >= 4 is 21.5 Å². The third-order valence-corrected chi connectivity index (χ3v) is 6.22. The minimum Gasteiger partial charge on any atom is -0.504 e. The van der Waals surface area contributed by atoms with Gasteiger partial charge in [0, 0.05) is 22.6 Å². The first-order valence-electron chi connectivity index (χ1n) is 10.3. The minimum atomic E-state index is -0.203. The van der Waals surface area contributed by atoms with E-state index < -0.39 is 0 Å². The van der Waals surface area contributed by atoms with Crippen LogP contribution in [-0.4, -0.2) is 12.2 Å². The number of hydrogen-bond donors (Lipinski definition) is 1. The molecule has 6 rings (SSSR count). The van der Waals surface area contributed by atoms with Crippen molar-refractivity contribution in [2.24, 2.45) is 0 Å². The summed E-state index contributed by atoms with van der Waals surface area (Å²) in [4.78, 5) is 0. The summed E-state index contributed by atoms with van der Waals surface area (Å²) in [5, 5.41) is 15.7. The number of ether oxygens (including phenoxy) is 2. The Morgan fingerprint density at radius 2 is 1.26 bits per heavy atom. The highest BCUT2D eigenvalue weighted by atomic mass is 16.5. The zero-order valence-corrected chi connectivity index (χ0v) is 17.0. The summed E-state index contributed by atoms with van der Waals surface area (Å²) in [6.45, 7) is 0. The van der Waals surface area contributed by atoms with Crippen LogP contribution in [0.15, 0.2) is 91.0 Å². The van der Waals surface area contributed by atoms with E-state index in [0.717, 1.165) is 49.7 Å². The van der Waals surface area contributed by atoms with Crippen molar-refractivity contribution in [3.63, 3.8) is 0 Å². The summed E-state index contributed by atoms with van der Waals surface area (Å²) in [6, 6.07) is 30.6. The molecule has 31 heavy (non-hydrogen) atoms. The fourth-order valence-corrected chi connectivity index (χ4v) is 4.84. The highest BCUT2D eigenvalue weighted by molar-refractivity contribution is 5.95. The molecule has 1 heterocycles. The van der Waals surface area contributed by atoms with Gasteiger partial charge in [0.15, 0.2) is 11.5 Å². The normalized spacial score (nSPS) is 12.9. The average Bonchev–Trinajstić information content (AvgIpc) is 2.82. The van der Waals surface area contributed by atoms with Gasteiger partial charge >= 0.3 is 0 Å². The zero-order chi connectivity index (χ0) is 20.9. The molecule has 0 unspecified atom stereocenters. The van der Waals surface area contributed by atoms with Gasteiger partial charge in [0.1, 0.15) is 11.5 Å². The van der Waals surface area contributed by atoms with Crippen LogP contribution in [0.25, 0.3) is 21.5 Å². The van der Waals surface area contributed by atoms with Crippen molar-refractivity contribution in [2.45, 2.75) is 5.92 Å². The molecule has 3 nitrogen and oxygen atoms in total. The molecule has 0 bridgehead atoms. The lowest BCUT2D eigenvalue weighted by atomic mass is 9.78. The van der Waals surface area contributed by atoms with Crippen molar-refractivity contribution in [3.05, 3.63) is 108 Å². The summed E-state index contributed by atoms with van der Waals surface area (Å²) in [6.07, 6.45) is 0. The topological polar surface area (TPSA) is 38.7 Å². The molecule has 0 fully saturated rings. The first-order chi connectivity index (χ1) is 15.3. The molecular formula is C28H20O3. The van der Waals surface area contributed by atoms with E-state index in [9.17, 15) is 5.11 Å². The summed E-state index contributed by atoms with van der Waals surface area (Å²) in [5.74, 6) is 2.05. The van der Waals surface area contributed by atoms with Gasteiger partial charge < -0.3 is 14.6 Å². The zero-order valence-electron chi connectivity index (χ0n) is 17.0. The van der Waals surface area contributed by atoms with Crippen LogP contribution in [0.5, 0.6) is 23.0 Å². The van der Waals surface area contributed by atoms with E-state index in [1.54, 1.807) is 13.2 Å². The van der Waals surface area contributed by atoms with Crippen LogP contribution in [0.3, 0.4) is 0 Å². The molecule has 5 aromatic rings. The van der Waals surface area contributed by atoms with E-state index in [1.165, 1.54) is 0 Å². The van der Waals surface area contributed by atoms with Gasteiger partial charge in [0.05, 0.1) is 7.11 Å². The summed E-state index contributed by atoms with van der Waals surface area (Å²) < 4.78 is 11.9. The lowest BCUT2D eigenvalue weighted by Gasteiger charge is -2.31. The van der Waals surface area contributed by atoms with Crippen molar-refractivity contribution in [1.29, 1.82) is 0 Å². The van der Waals surface area contributed by atoms with E-state index in [2.05, 4.69) is 36.4 Å². The number of para-hydroxylation sites is 1. The SMILES string of the molecule is COc1cccc(C2c3c(ccc4ccccc34)Oc3ccc4ccccc4c32)c1O. The first kappa shape index (κ1) is 17.8. The Labute approximate surface area is 180 Å². The second-order valence-electron chi connectivity index (χ2n) is 7.83. The number of rotatable bonds is 2. The molecule has 0 amide bonds. The Bertz CT molecular complexity index is 1380. The molecule has 0 atom stereocenters. The van der Waals surface area contributed by atoms with E-state index in [0.29, 0.717) is 5.75 Å². The summed E-state index contributed by atoms with van der Waals surface area (Å²) in [5.41, 5.74) is 2.92. The Balaban J connectivity index is 1.77. The Kier molecular flexibility index (Phi) is 3.90. The quantitative estimate of drug-likeness (QED) is 0.338. The van der Waals surface area contributed by atoms with Gasteiger partial charge in [-0.3, -0.25) is 0 Å². The van der Waals surface area contributed by atoms with Crippen molar-refractivity contribution in [2.75, 3.05) is 7.11 Å². The number of phenolic OH excluding ortho intramolecular Hbond substituents is 1. The smallest absolute Gasteiger partial charge is 0.161 e. The van der Waals surface area contributed by atoms with Crippen molar-refractivity contribution < 1.29 is 14.6 Å². The number of benzene rings is 5. The lowest BCUT2D eigenvalue weighted by Crippen LogP contribution is -2.13. The van der Waals surface area contributed by atoms with Gasteiger partial charge in [-0.25, -0.2) is 0 Å². The standard InChI is InChI=1S/C28H20O3/c1-30-24-12-6-11-21(28(24)29)27-25-19-9-4-2-7-17(19)13-15-22(25)31-23-16-14-18-8-3-5-10-20(18)26(23)27/h2-16,27,29H,1H3. The van der Waals surface area contributed by atoms with Crippen LogP contribution in [-0.2, 0) is 0 Å². The van der Waals surface area contributed by atoms with Gasteiger partial charge in [-0.15, -0.1) is 0 Å². The van der Waals surface area contributed by atoms with Gasteiger partial charge in [0.2, 0.25) is 0 Å². The Hall–Kier alpha value is -3.98. The highest BCUT2D eigenvalue weighted by Gasteiger charge is 2.34. The fraction of sp³-hybridized carbons (Fsp3) is 0.0714.